The summed E-state index contributed by atoms with van der Waals surface area (Å²) in [6, 6.07) is 9.30. The zero-order valence-electron chi connectivity index (χ0n) is 18.1. The molecule has 4 rings (SSSR count). The number of nitro groups is 1. The number of ketones is 1. The zero-order valence-corrected chi connectivity index (χ0v) is 19.0. The molecule has 0 saturated heterocycles. The molecule has 0 amide bonds. The maximum absolute atomic E-state index is 13.4. The van der Waals surface area contributed by atoms with Gasteiger partial charge in [0.05, 0.1) is 28.0 Å². The van der Waals surface area contributed by atoms with Crippen molar-refractivity contribution < 1.29 is 22.9 Å². The lowest BCUT2D eigenvalue weighted by molar-refractivity contribution is -0.380. The van der Waals surface area contributed by atoms with E-state index in [1.54, 1.807) is 0 Å². The number of benzene rings is 1. The van der Waals surface area contributed by atoms with Crippen molar-refractivity contribution in [2.45, 2.75) is 38.8 Å². The largest absolute Gasteiger partial charge is 0.416 e. The van der Waals surface area contributed by atoms with Crippen LogP contribution in [-0.4, -0.2) is 10.7 Å². The van der Waals surface area contributed by atoms with Gasteiger partial charge in [-0.15, -0.1) is 0 Å². The molecule has 2 heterocycles. The van der Waals surface area contributed by atoms with Gasteiger partial charge >= 0.3 is 11.2 Å². The topological polar surface area (TPSA) is 113 Å². The van der Waals surface area contributed by atoms with Crippen LogP contribution in [0.1, 0.15) is 43.0 Å². The number of carbonyl (C=O) groups excluding carboxylic acids is 1. The van der Waals surface area contributed by atoms with E-state index in [0.29, 0.717) is 17.0 Å². The van der Waals surface area contributed by atoms with E-state index in [-0.39, 0.29) is 39.9 Å². The van der Waals surface area contributed by atoms with Gasteiger partial charge in [-0.1, -0.05) is 31.3 Å². The van der Waals surface area contributed by atoms with Crippen LogP contribution >= 0.6 is 11.3 Å². The van der Waals surface area contributed by atoms with Crippen molar-refractivity contribution in [1.82, 2.24) is 0 Å². The number of anilines is 1. The molecule has 1 atom stereocenters. The van der Waals surface area contributed by atoms with E-state index < -0.39 is 28.0 Å². The number of allylic oxidation sites excluding steroid dienone is 3. The highest BCUT2D eigenvalue weighted by atomic mass is 32.1. The SMILES string of the molecule is CC1(C)CC(=O)C2=C(C1)N(c1cccc(C(F)(F)F)c1)C(N)=C(C#N)C2c1ccc([N+](=O)[O-])s1. The number of nitrogens with zero attached hydrogens (tertiary/aromatic N) is 3. The summed E-state index contributed by atoms with van der Waals surface area (Å²) in [6.45, 7) is 3.73. The summed E-state index contributed by atoms with van der Waals surface area (Å²) in [5.74, 6) is -1.30. The molecule has 1 aliphatic heterocycles. The summed E-state index contributed by atoms with van der Waals surface area (Å²) in [7, 11) is 0. The maximum Gasteiger partial charge on any atom is 0.416 e. The van der Waals surface area contributed by atoms with Crippen LogP contribution in [0.2, 0.25) is 0 Å². The predicted octanol–water partition coefficient (Wildman–Crippen LogP) is 5.62. The highest BCUT2D eigenvalue weighted by molar-refractivity contribution is 7.15. The maximum atomic E-state index is 13.4. The van der Waals surface area contributed by atoms with E-state index in [4.69, 9.17) is 5.73 Å². The Balaban J connectivity index is 1.98. The molecule has 11 heteroatoms. The molecule has 1 unspecified atom stereocenters. The van der Waals surface area contributed by atoms with Crippen LogP contribution < -0.4 is 10.6 Å². The number of hydrogen-bond acceptors (Lipinski definition) is 7. The predicted molar refractivity (Wildman–Crippen MR) is 120 cm³/mol. The summed E-state index contributed by atoms with van der Waals surface area (Å²) in [5, 5.41) is 21.1. The summed E-state index contributed by atoms with van der Waals surface area (Å²) in [6.07, 6.45) is -4.13. The van der Waals surface area contributed by atoms with Crippen LogP contribution in [0.5, 0.6) is 0 Å². The standard InChI is InChI=1S/C23H19F3N4O3S/c1-22(2)9-15-20(16(31)10-22)19(17-6-7-18(34-17)30(32)33)14(11-27)21(28)29(15)13-5-3-4-12(8-13)23(24,25)26/h3-8,19H,9-10,28H2,1-2H3. The van der Waals surface area contributed by atoms with Crippen molar-refractivity contribution in [3.05, 3.63) is 79.6 Å². The molecule has 1 aromatic heterocycles. The first kappa shape index (κ1) is 23.5. The Labute approximate surface area is 196 Å². The van der Waals surface area contributed by atoms with E-state index in [2.05, 4.69) is 0 Å². The van der Waals surface area contributed by atoms with E-state index in [1.807, 2.05) is 19.9 Å². The van der Waals surface area contributed by atoms with Crippen LogP contribution in [0.4, 0.5) is 23.9 Å². The smallest absolute Gasteiger partial charge is 0.384 e. The summed E-state index contributed by atoms with van der Waals surface area (Å²) in [4.78, 5) is 25.8. The van der Waals surface area contributed by atoms with Crippen molar-refractivity contribution in [2.24, 2.45) is 11.1 Å². The number of thiophene rings is 1. The molecule has 0 fully saturated rings. The van der Waals surface area contributed by atoms with E-state index in [0.717, 1.165) is 23.5 Å². The van der Waals surface area contributed by atoms with Gasteiger partial charge in [-0.05, 0) is 36.1 Å². The number of rotatable bonds is 3. The van der Waals surface area contributed by atoms with Crippen LogP contribution in [0.3, 0.4) is 0 Å². The molecule has 2 aromatic rings. The molecule has 1 aliphatic carbocycles. The Bertz CT molecular complexity index is 1320. The van der Waals surface area contributed by atoms with Gasteiger partial charge in [0.2, 0.25) is 0 Å². The van der Waals surface area contributed by atoms with Crippen molar-refractivity contribution in [3.8, 4) is 6.07 Å². The molecule has 2 N–H and O–H groups in total. The second-order valence-corrected chi connectivity index (χ2v) is 10.1. The van der Waals surface area contributed by atoms with Crippen LogP contribution in [0.15, 0.2) is 59.1 Å². The normalized spacial score (nSPS) is 20.3. The minimum Gasteiger partial charge on any atom is -0.384 e. The van der Waals surface area contributed by atoms with Gasteiger partial charge < -0.3 is 5.73 Å². The van der Waals surface area contributed by atoms with Crippen LogP contribution in [-0.2, 0) is 11.0 Å². The van der Waals surface area contributed by atoms with Gasteiger partial charge in [-0.3, -0.25) is 19.8 Å². The van der Waals surface area contributed by atoms with E-state index >= 15 is 0 Å². The molecule has 0 radical (unpaired) electrons. The van der Waals surface area contributed by atoms with Gasteiger partial charge in [0.25, 0.3) is 0 Å². The second kappa shape index (κ2) is 7.99. The Morgan fingerprint density at radius 3 is 2.56 bits per heavy atom. The third kappa shape index (κ3) is 3.94. The number of nitrogens with two attached hydrogens (primary N) is 1. The lowest BCUT2D eigenvalue weighted by Crippen LogP contribution is -2.42. The summed E-state index contributed by atoms with van der Waals surface area (Å²) < 4.78 is 40.2. The number of carbonyl (C=O) groups is 1. The lowest BCUT2D eigenvalue weighted by Gasteiger charge is -2.43. The Hall–Kier alpha value is -3.65. The second-order valence-electron chi connectivity index (χ2n) is 8.96. The molecular weight excluding hydrogens is 469 g/mol. The van der Waals surface area contributed by atoms with Gasteiger partial charge in [-0.25, -0.2) is 0 Å². The molecule has 0 spiro atoms. The van der Waals surface area contributed by atoms with Crippen LogP contribution in [0.25, 0.3) is 0 Å². The molecule has 176 valence electrons. The summed E-state index contributed by atoms with van der Waals surface area (Å²) in [5.41, 5.74) is 5.66. The lowest BCUT2D eigenvalue weighted by atomic mass is 9.69. The summed E-state index contributed by atoms with van der Waals surface area (Å²) >= 11 is 0.836. The van der Waals surface area contributed by atoms with Crippen LogP contribution in [0, 0.1) is 26.9 Å². The van der Waals surface area contributed by atoms with Crippen molar-refractivity contribution in [2.75, 3.05) is 4.90 Å². The number of hydrogen-bond donors (Lipinski definition) is 1. The Morgan fingerprint density at radius 1 is 1.26 bits per heavy atom. The number of Topliss-reactive ketones (excluding diaryl/α,β-unsaturated/α-hetero) is 1. The highest BCUT2D eigenvalue weighted by Crippen LogP contribution is 2.51. The highest BCUT2D eigenvalue weighted by Gasteiger charge is 2.45. The quantitative estimate of drug-likeness (QED) is 0.443. The number of nitriles is 1. The third-order valence-electron chi connectivity index (χ3n) is 5.89. The minimum atomic E-state index is -4.60. The fourth-order valence-electron chi connectivity index (χ4n) is 4.51. The zero-order chi connectivity index (χ0) is 25.0. The van der Waals surface area contributed by atoms with Gasteiger partial charge in [0.1, 0.15) is 5.82 Å². The number of halogens is 3. The first-order chi connectivity index (χ1) is 15.8. The van der Waals surface area contributed by atoms with E-state index in [9.17, 15) is 33.3 Å². The minimum absolute atomic E-state index is 0.0408. The molecule has 1 aromatic carbocycles. The third-order valence-corrected chi connectivity index (χ3v) is 6.99. The average molecular weight is 488 g/mol. The molecule has 0 saturated carbocycles. The molecule has 7 nitrogen and oxygen atoms in total. The number of alkyl halides is 3. The van der Waals surface area contributed by atoms with Crippen molar-refractivity contribution >= 4 is 27.8 Å². The monoisotopic (exact) mass is 488 g/mol. The van der Waals surface area contributed by atoms with Crippen molar-refractivity contribution in [1.29, 1.82) is 5.26 Å². The van der Waals surface area contributed by atoms with Gasteiger partial charge in [0.15, 0.2) is 5.78 Å². The molecular formula is C23H19F3N4O3S. The van der Waals surface area contributed by atoms with Gasteiger partial charge in [-0.2, -0.15) is 18.4 Å². The fraction of sp³-hybridized carbons (Fsp3) is 0.304. The van der Waals surface area contributed by atoms with Crippen molar-refractivity contribution in [3.63, 3.8) is 0 Å². The molecule has 34 heavy (non-hydrogen) atoms. The van der Waals surface area contributed by atoms with E-state index in [1.165, 1.54) is 29.2 Å². The molecule has 2 aliphatic rings. The van der Waals surface area contributed by atoms with Gasteiger partial charge in [0, 0.05) is 34.3 Å². The Morgan fingerprint density at radius 2 is 1.97 bits per heavy atom. The average Bonchev–Trinajstić information content (AvgIpc) is 3.22. The first-order valence-electron chi connectivity index (χ1n) is 10.2. The Kier molecular flexibility index (Phi) is 5.52. The fourth-order valence-corrected chi connectivity index (χ4v) is 5.45. The molecule has 0 bridgehead atoms. The first-order valence-corrected chi connectivity index (χ1v) is 11.0.